The fraction of sp³-hybridized carbons (Fsp3) is 0.500. The summed E-state index contributed by atoms with van der Waals surface area (Å²) in [5.41, 5.74) is 1.51. The molecule has 0 spiro atoms. The number of hydrogen-bond donors (Lipinski definition) is 1. The molecular formula is C18H24O4. The first-order valence-corrected chi connectivity index (χ1v) is 7.72. The van der Waals surface area contributed by atoms with Crippen LogP contribution in [0.25, 0.3) is 0 Å². The van der Waals surface area contributed by atoms with Crippen LogP contribution in [0.4, 0.5) is 0 Å². The van der Waals surface area contributed by atoms with Crippen molar-refractivity contribution in [1.29, 1.82) is 0 Å². The lowest BCUT2D eigenvalue weighted by Crippen LogP contribution is -2.37. The Morgan fingerprint density at radius 2 is 2.05 bits per heavy atom. The minimum absolute atomic E-state index is 0.145. The minimum atomic E-state index is -0.508. The molecule has 2 rings (SSSR count). The van der Waals surface area contributed by atoms with Crippen molar-refractivity contribution in [2.75, 3.05) is 6.61 Å². The second kappa shape index (κ2) is 8.11. The van der Waals surface area contributed by atoms with Crippen LogP contribution in [0.2, 0.25) is 0 Å². The van der Waals surface area contributed by atoms with Gasteiger partial charge in [-0.15, -0.1) is 0 Å². The van der Waals surface area contributed by atoms with Crippen LogP contribution in [-0.2, 0) is 20.9 Å². The zero-order valence-electron chi connectivity index (χ0n) is 13.0. The largest absolute Gasteiger partial charge is 0.462 e. The fourth-order valence-electron chi connectivity index (χ4n) is 2.64. The molecule has 3 unspecified atom stereocenters. The van der Waals surface area contributed by atoms with Crippen molar-refractivity contribution in [3.05, 3.63) is 48.0 Å². The standard InChI is InChI=1S/C18H24O4/c1-13(2)18(20)22-12-15-8-9-17(16(19)10-15)21-11-14-6-4-3-5-7-14/h3-7,15-17,19H,1,8-12H2,2H3. The molecule has 1 aliphatic rings. The molecule has 1 aromatic rings. The fourth-order valence-corrected chi connectivity index (χ4v) is 2.64. The van der Waals surface area contributed by atoms with E-state index in [0.29, 0.717) is 25.2 Å². The molecule has 120 valence electrons. The van der Waals surface area contributed by atoms with E-state index in [1.165, 1.54) is 0 Å². The van der Waals surface area contributed by atoms with E-state index in [-0.39, 0.29) is 18.0 Å². The van der Waals surface area contributed by atoms with Crippen molar-refractivity contribution in [3.8, 4) is 0 Å². The summed E-state index contributed by atoms with van der Waals surface area (Å²) in [7, 11) is 0. The van der Waals surface area contributed by atoms with Gasteiger partial charge in [0, 0.05) is 5.57 Å². The zero-order valence-corrected chi connectivity index (χ0v) is 13.0. The molecule has 0 heterocycles. The van der Waals surface area contributed by atoms with Gasteiger partial charge in [-0.25, -0.2) is 4.79 Å². The molecule has 1 N–H and O–H groups in total. The third-order valence-corrected chi connectivity index (χ3v) is 3.97. The number of aliphatic hydroxyl groups is 1. The smallest absolute Gasteiger partial charge is 0.333 e. The summed E-state index contributed by atoms with van der Waals surface area (Å²) in [5, 5.41) is 10.2. The van der Waals surface area contributed by atoms with Crippen molar-refractivity contribution in [2.45, 2.75) is 45.0 Å². The van der Waals surface area contributed by atoms with Crippen molar-refractivity contribution < 1.29 is 19.4 Å². The molecule has 0 saturated heterocycles. The summed E-state index contributed by atoms with van der Waals surface area (Å²) in [6.07, 6.45) is 1.62. The predicted octanol–water partition coefficient (Wildman–Crippen LogP) is 2.85. The Bertz CT molecular complexity index is 497. The van der Waals surface area contributed by atoms with E-state index in [9.17, 15) is 9.90 Å². The first-order chi connectivity index (χ1) is 10.6. The van der Waals surface area contributed by atoms with Crippen LogP contribution < -0.4 is 0 Å². The number of aliphatic hydroxyl groups excluding tert-OH is 1. The second-order valence-corrected chi connectivity index (χ2v) is 5.96. The zero-order chi connectivity index (χ0) is 15.9. The summed E-state index contributed by atoms with van der Waals surface area (Å²) in [4.78, 5) is 11.4. The lowest BCUT2D eigenvalue weighted by Gasteiger charge is -2.32. The molecular weight excluding hydrogens is 280 g/mol. The van der Waals surface area contributed by atoms with Gasteiger partial charge in [0.05, 0.1) is 25.4 Å². The number of carbonyl (C=O) groups is 1. The van der Waals surface area contributed by atoms with Crippen LogP contribution in [-0.4, -0.2) is 29.9 Å². The van der Waals surface area contributed by atoms with E-state index in [1.807, 2.05) is 30.3 Å². The molecule has 1 aliphatic carbocycles. The van der Waals surface area contributed by atoms with E-state index >= 15 is 0 Å². The highest BCUT2D eigenvalue weighted by Gasteiger charge is 2.30. The Morgan fingerprint density at radius 1 is 1.32 bits per heavy atom. The molecule has 22 heavy (non-hydrogen) atoms. The summed E-state index contributed by atoms with van der Waals surface area (Å²) in [6.45, 7) is 6.04. The predicted molar refractivity (Wildman–Crippen MR) is 84.1 cm³/mol. The topological polar surface area (TPSA) is 55.8 Å². The highest BCUT2D eigenvalue weighted by atomic mass is 16.5. The van der Waals surface area contributed by atoms with Crippen LogP contribution in [0.1, 0.15) is 31.7 Å². The number of hydrogen-bond acceptors (Lipinski definition) is 4. The number of rotatable bonds is 6. The highest BCUT2D eigenvalue weighted by molar-refractivity contribution is 5.86. The normalized spacial score (nSPS) is 24.7. The van der Waals surface area contributed by atoms with Gasteiger partial charge in [-0.2, -0.15) is 0 Å². The van der Waals surface area contributed by atoms with Gasteiger partial charge in [-0.1, -0.05) is 36.9 Å². The lowest BCUT2D eigenvalue weighted by atomic mass is 9.86. The Labute approximate surface area is 131 Å². The van der Waals surface area contributed by atoms with Crippen LogP contribution in [0.5, 0.6) is 0 Å². The second-order valence-electron chi connectivity index (χ2n) is 5.96. The number of benzene rings is 1. The molecule has 3 atom stereocenters. The minimum Gasteiger partial charge on any atom is -0.462 e. The van der Waals surface area contributed by atoms with Gasteiger partial charge in [-0.05, 0) is 37.7 Å². The summed E-state index contributed by atoms with van der Waals surface area (Å²) < 4.78 is 11.0. The van der Waals surface area contributed by atoms with Crippen molar-refractivity contribution >= 4 is 5.97 Å². The van der Waals surface area contributed by atoms with Crippen LogP contribution in [0, 0.1) is 5.92 Å². The van der Waals surface area contributed by atoms with E-state index in [4.69, 9.17) is 9.47 Å². The average molecular weight is 304 g/mol. The summed E-state index contributed by atoms with van der Waals surface area (Å²) in [5.74, 6) is -0.174. The third kappa shape index (κ3) is 4.97. The van der Waals surface area contributed by atoms with Crippen molar-refractivity contribution in [1.82, 2.24) is 0 Å². The van der Waals surface area contributed by atoms with E-state index in [2.05, 4.69) is 6.58 Å². The maximum absolute atomic E-state index is 11.4. The SMILES string of the molecule is C=C(C)C(=O)OCC1CCC(OCc2ccccc2)C(O)C1. The quantitative estimate of drug-likeness (QED) is 0.648. The van der Waals surface area contributed by atoms with Crippen LogP contribution >= 0.6 is 0 Å². The van der Waals surface area contributed by atoms with Crippen molar-refractivity contribution in [3.63, 3.8) is 0 Å². The third-order valence-electron chi connectivity index (χ3n) is 3.97. The molecule has 1 aromatic carbocycles. The maximum Gasteiger partial charge on any atom is 0.333 e. The molecule has 4 nitrogen and oxygen atoms in total. The molecule has 0 aromatic heterocycles. The number of ether oxygens (including phenoxy) is 2. The Balaban J connectivity index is 1.73. The molecule has 0 aliphatic heterocycles. The van der Waals surface area contributed by atoms with Gasteiger partial charge >= 0.3 is 5.97 Å². The highest BCUT2D eigenvalue weighted by Crippen LogP contribution is 2.27. The molecule has 0 radical (unpaired) electrons. The maximum atomic E-state index is 11.4. The molecule has 1 fully saturated rings. The monoisotopic (exact) mass is 304 g/mol. The average Bonchev–Trinajstić information content (AvgIpc) is 2.52. The van der Waals surface area contributed by atoms with Crippen LogP contribution in [0.3, 0.4) is 0 Å². The van der Waals surface area contributed by atoms with Gasteiger partial charge in [-0.3, -0.25) is 0 Å². The first-order valence-electron chi connectivity index (χ1n) is 7.72. The van der Waals surface area contributed by atoms with E-state index in [1.54, 1.807) is 6.92 Å². The number of carbonyl (C=O) groups excluding carboxylic acids is 1. The Hall–Kier alpha value is -1.65. The van der Waals surface area contributed by atoms with Gasteiger partial charge in [0.2, 0.25) is 0 Å². The summed E-state index contributed by atoms with van der Waals surface area (Å²) in [6, 6.07) is 9.93. The van der Waals surface area contributed by atoms with Crippen molar-refractivity contribution in [2.24, 2.45) is 5.92 Å². The van der Waals surface area contributed by atoms with E-state index in [0.717, 1.165) is 18.4 Å². The molecule has 0 amide bonds. The van der Waals surface area contributed by atoms with Gasteiger partial charge in [0.15, 0.2) is 0 Å². The van der Waals surface area contributed by atoms with E-state index < -0.39 is 6.10 Å². The van der Waals surface area contributed by atoms with Gasteiger partial charge in [0.1, 0.15) is 0 Å². The summed E-state index contributed by atoms with van der Waals surface area (Å²) >= 11 is 0. The Morgan fingerprint density at radius 3 is 2.68 bits per heavy atom. The molecule has 0 bridgehead atoms. The lowest BCUT2D eigenvalue weighted by molar-refractivity contribution is -0.142. The number of esters is 1. The van der Waals surface area contributed by atoms with Crippen LogP contribution in [0.15, 0.2) is 42.5 Å². The Kier molecular flexibility index (Phi) is 6.16. The first kappa shape index (κ1) is 16.7. The molecule has 1 saturated carbocycles. The van der Waals surface area contributed by atoms with Gasteiger partial charge in [0.25, 0.3) is 0 Å². The van der Waals surface area contributed by atoms with Gasteiger partial charge < -0.3 is 14.6 Å². The molecule has 4 heteroatoms.